The molecule has 2 aromatic carbocycles. The molecule has 0 spiro atoms. The molecule has 0 saturated carbocycles. The van der Waals surface area contributed by atoms with Gasteiger partial charge in [0.2, 0.25) is 28.6 Å². The van der Waals surface area contributed by atoms with Crippen molar-refractivity contribution in [3.05, 3.63) is 54.1 Å². The smallest absolute Gasteiger partial charge is 0.242 e. The second-order valence-electron chi connectivity index (χ2n) is 8.77. The lowest BCUT2D eigenvalue weighted by Crippen LogP contribution is -2.49. The number of fused-ring (bicyclic) bond motifs is 1. The molecule has 1 heterocycles. The Bertz CT molecular complexity index is 1140. The number of nitrogens with one attached hydrogen (secondary N) is 1. The summed E-state index contributed by atoms with van der Waals surface area (Å²) in [4.78, 5) is 27.5. The molecule has 0 bridgehead atoms. The molecular formula is C26H35N3O6S. The first-order valence-electron chi connectivity index (χ1n) is 12.2. The molecule has 196 valence electrons. The number of ether oxygens (including phenoxy) is 2. The van der Waals surface area contributed by atoms with Crippen LogP contribution < -0.4 is 19.1 Å². The molecule has 1 aliphatic rings. The van der Waals surface area contributed by atoms with Gasteiger partial charge in [-0.2, -0.15) is 0 Å². The van der Waals surface area contributed by atoms with Crippen molar-refractivity contribution < 1.29 is 27.5 Å². The van der Waals surface area contributed by atoms with Crippen molar-refractivity contribution in [3.63, 3.8) is 0 Å². The largest absolute Gasteiger partial charge is 0.454 e. The van der Waals surface area contributed by atoms with Crippen LogP contribution in [0.2, 0.25) is 0 Å². The molecule has 10 heteroatoms. The van der Waals surface area contributed by atoms with E-state index in [1.54, 1.807) is 30.0 Å². The first-order valence-corrected chi connectivity index (χ1v) is 14.0. The quantitative estimate of drug-likeness (QED) is 0.438. The number of hydrogen-bond donors (Lipinski definition) is 1. The van der Waals surface area contributed by atoms with E-state index in [0.29, 0.717) is 43.1 Å². The Morgan fingerprint density at radius 1 is 1.06 bits per heavy atom. The van der Waals surface area contributed by atoms with Crippen molar-refractivity contribution in [2.45, 2.75) is 45.6 Å². The Labute approximate surface area is 213 Å². The fraction of sp³-hybridized carbons (Fsp3) is 0.462. The molecule has 1 aliphatic heterocycles. The zero-order valence-corrected chi connectivity index (χ0v) is 21.9. The van der Waals surface area contributed by atoms with Gasteiger partial charge >= 0.3 is 0 Å². The summed E-state index contributed by atoms with van der Waals surface area (Å²) in [6, 6.07) is 14.1. The number of anilines is 1. The number of benzene rings is 2. The van der Waals surface area contributed by atoms with Crippen LogP contribution in [-0.4, -0.2) is 63.9 Å². The molecule has 3 rings (SSSR count). The van der Waals surface area contributed by atoms with Gasteiger partial charge in [0.05, 0.1) is 11.9 Å². The molecule has 36 heavy (non-hydrogen) atoms. The second-order valence-corrected chi connectivity index (χ2v) is 10.7. The predicted octanol–water partition coefficient (Wildman–Crippen LogP) is 2.95. The maximum absolute atomic E-state index is 13.2. The van der Waals surface area contributed by atoms with E-state index in [4.69, 9.17) is 9.47 Å². The Morgan fingerprint density at radius 2 is 1.78 bits per heavy atom. The third-order valence-corrected chi connectivity index (χ3v) is 7.19. The summed E-state index contributed by atoms with van der Waals surface area (Å²) in [5.74, 6) is 0.656. The lowest BCUT2D eigenvalue weighted by atomic mass is 10.1. The van der Waals surface area contributed by atoms with Crippen LogP contribution in [0.4, 0.5) is 5.69 Å². The molecule has 2 amide bonds. The number of carbonyl (C=O) groups is 2. The fourth-order valence-electron chi connectivity index (χ4n) is 4.01. The minimum atomic E-state index is -3.59. The highest BCUT2D eigenvalue weighted by atomic mass is 32.2. The number of amides is 2. The normalized spacial score (nSPS) is 13.2. The van der Waals surface area contributed by atoms with Crippen molar-refractivity contribution in [1.29, 1.82) is 0 Å². The molecule has 0 aliphatic carbocycles. The molecule has 0 fully saturated rings. The lowest BCUT2D eigenvalue weighted by molar-refractivity contribution is -0.139. The molecule has 9 nitrogen and oxygen atoms in total. The topological polar surface area (TPSA) is 105 Å². The maximum Gasteiger partial charge on any atom is 0.242 e. The molecule has 1 N–H and O–H groups in total. The maximum atomic E-state index is 13.2. The second kappa shape index (κ2) is 12.6. The van der Waals surface area contributed by atoms with E-state index in [2.05, 4.69) is 5.32 Å². The van der Waals surface area contributed by atoms with Crippen molar-refractivity contribution in [2.75, 3.05) is 37.0 Å². The number of sulfonamides is 1. The highest BCUT2D eigenvalue weighted by Gasteiger charge is 2.26. The van der Waals surface area contributed by atoms with Gasteiger partial charge in [-0.05, 0) is 43.9 Å². The summed E-state index contributed by atoms with van der Waals surface area (Å²) < 4.78 is 36.9. The minimum Gasteiger partial charge on any atom is -0.454 e. The first kappa shape index (κ1) is 27.3. The van der Waals surface area contributed by atoms with Crippen molar-refractivity contribution >= 4 is 27.5 Å². The summed E-state index contributed by atoms with van der Waals surface area (Å²) in [5, 5.41) is 2.86. The van der Waals surface area contributed by atoms with Crippen LogP contribution in [0.3, 0.4) is 0 Å². The lowest BCUT2D eigenvalue weighted by Gasteiger charge is -2.29. The summed E-state index contributed by atoms with van der Waals surface area (Å²) in [5.41, 5.74) is 1.52. The van der Waals surface area contributed by atoms with Crippen LogP contribution in [0.1, 0.15) is 38.7 Å². The standard InChI is InChI=1S/C26H35N3O6S/c1-4-15-27-26(31)20(2)28(17-14-21-9-6-5-7-10-21)25(30)11-8-16-29(36(3,32)33)22-12-13-23-24(18-22)35-19-34-23/h5-7,9-10,12-13,18,20H,4,8,11,14-17,19H2,1-3H3,(H,27,31)/t20-/m0/s1. The molecular weight excluding hydrogens is 482 g/mol. The highest BCUT2D eigenvalue weighted by Crippen LogP contribution is 2.36. The van der Waals surface area contributed by atoms with Gasteiger partial charge in [0.1, 0.15) is 6.04 Å². The molecule has 0 aromatic heterocycles. The van der Waals surface area contributed by atoms with Gasteiger partial charge in [0, 0.05) is 32.1 Å². The summed E-state index contributed by atoms with van der Waals surface area (Å²) in [6.45, 7) is 4.84. The zero-order chi connectivity index (χ0) is 26.1. The Hall–Kier alpha value is -3.27. The number of hydrogen-bond acceptors (Lipinski definition) is 6. The Balaban J connectivity index is 1.67. The highest BCUT2D eigenvalue weighted by molar-refractivity contribution is 7.92. The van der Waals surface area contributed by atoms with Gasteiger partial charge in [0.25, 0.3) is 0 Å². The number of nitrogens with zero attached hydrogens (tertiary/aromatic N) is 2. The average molecular weight is 518 g/mol. The van der Waals surface area contributed by atoms with Crippen LogP contribution in [-0.2, 0) is 26.0 Å². The Morgan fingerprint density at radius 3 is 2.47 bits per heavy atom. The van der Waals surface area contributed by atoms with Crippen LogP contribution in [0, 0.1) is 0 Å². The molecule has 0 saturated heterocycles. The van der Waals surface area contributed by atoms with Crippen molar-refractivity contribution in [2.24, 2.45) is 0 Å². The van der Waals surface area contributed by atoms with Gasteiger partial charge in [-0.3, -0.25) is 13.9 Å². The van der Waals surface area contributed by atoms with Crippen molar-refractivity contribution in [3.8, 4) is 11.5 Å². The van der Waals surface area contributed by atoms with E-state index < -0.39 is 16.1 Å². The van der Waals surface area contributed by atoms with Gasteiger partial charge in [-0.1, -0.05) is 37.3 Å². The van der Waals surface area contributed by atoms with E-state index in [1.165, 1.54) is 4.31 Å². The first-order chi connectivity index (χ1) is 17.2. The molecule has 0 unspecified atom stereocenters. The van der Waals surface area contributed by atoms with Gasteiger partial charge in [-0.15, -0.1) is 0 Å². The monoisotopic (exact) mass is 517 g/mol. The van der Waals surface area contributed by atoms with Gasteiger partial charge in [-0.25, -0.2) is 8.42 Å². The van der Waals surface area contributed by atoms with E-state index in [-0.39, 0.29) is 31.6 Å². The third-order valence-electron chi connectivity index (χ3n) is 6.00. The number of rotatable bonds is 13. The van der Waals surface area contributed by atoms with Gasteiger partial charge < -0.3 is 19.7 Å². The van der Waals surface area contributed by atoms with Crippen molar-refractivity contribution in [1.82, 2.24) is 10.2 Å². The minimum absolute atomic E-state index is 0.0923. The van der Waals surface area contributed by atoms with Crippen LogP contribution in [0.5, 0.6) is 11.5 Å². The summed E-state index contributed by atoms with van der Waals surface area (Å²) in [6.07, 6.45) is 2.95. The van der Waals surface area contributed by atoms with E-state index in [0.717, 1.165) is 18.2 Å². The van der Waals surface area contributed by atoms with Crippen LogP contribution in [0.25, 0.3) is 0 Å². The van der Waals surface area contributed by atoms with Crippen LogP contribution in [0.15, 0.2) is 48.5 Å². The molecule has 2 aromatic rings. The summed E-state index contributed by atoms with van der Waals surface area (Å²) in [7, 11) is -3.59. The number of carbonyl (C=O) groups excluding carboxylic acids is 2. The predicted molar refractivity (Wildman–Crippen MR) is 139 cm³/mol. The Kier molecular flexibility index (Phi) is 9.58. The fourth-order valence-corrected chi connectivity index (χ4v) is 4.97. The van der Waals surface area contributed by atoms with E-state index in [1.807, 2.05) is 37.3 Å². The molecule has 1 atom stereocenters. The van der Waals surface area contributed by atoms with E-state index in [9.17, 15) is 18.0 Å². The summed E-state index contributed by atoms with van der Waals surface area (Å²) >= 11 is 0. The average Bonchev–Trinajstić information content (AvgIpc) is 3.33. The van der Waals surface area contributed by atoms with Crippen LogP contribution >= 0.6 is 0 Å². The van der Waals surface area contributed by atoms with Gasteiger partial charge in [0.15, 0.2) is 11.5 Å². The van der Waals surface area contributed by atoms with E-state index >= 15 is 0 Å². The SMILES string of the molecule is CCCNC(=O)[C@H](C)N(CCc1ccccc1)C(=O)CCCN(c1ccc2c(c1)OCO2)S(C)(=O)=O. The molecule has 0 radical (unpaired) electrons. The third kappa shape index (κ3) is 7.36. The zero-order valence-electron chi connectivity index (χ0n) is 21.1.